The van der Waals surface area contributed by atoms with Crippen LogP contribution in [0.3, 0.4) is 0 Å². The van der Waals surface area contributed by atoms with Crippen molar-refractivity contribution in [1.82, 2.24) is 15.6 Å². The van der Waals surface area contributed by atoms with E-state index in [1.807, 2.05) is 54.6 Å². The van der Waals surface area contributed by atoms with Gasteiger partial charge in [0, 0.05) is 28.7 Å². The molecule has 4 aromatic rings. The molecular weight excluding hydrogens is 472 g/mol. The summed E-state index contributed by atoms with van der Waals surface area (Å²) in [4.78, 5) is 39.9. The molecule has 1 aliphatic rings. The Morgan fingerprint density at radius 1 is 1.05 bits per heavy atom. The Balaban J connectivity index is 1.35. The highest BCUT2D eigenvalue weighted by molar-refractivity contribution is 5.90. The number of hydrogen-bond donors (Lipinski definition) is 3. The molecule has 0 aliphatic carbocycles. The largest absolute Gasteiger partial charge is 0.459 e. The van der Waals surface area contributed by atoms with Crippen molar-refractivity contribution in [3.63, 3.8) is 0 Å². The van der Waals surface area contributed by atoms with Crippen LogP contribution in [0.5, 0.6) is 0 Å². The number of nitrogens with one attached hydrogen (secondary N) is 3. The number of aromatic amines is 1. The van der Waals surface area contributed by atoms with Crippen molar-refractivity contribution in [2.24, 2.45) is 0 Å². The molecule has 9 nitrogen and oxygen atoms in total. The zero-order valence-electron chi connectivity index (χ0n) is 20.1. The normalized spacial score (nSPS) is 17.5. The monoisotopic (exact) mass is 498 g/mol. The van der Waals surface area contributed by atoms with Crippen molar-refractivity contribution in [2.75, 3.05) is 0 Å². The number of carbonyl (C=O) groups is 2. The Morgan fingerprint density at radius 2 is 1.76 bits per heavy atom. The van der Waals surface area contributed by atoms with Gasteiger partial charge in [-0.1, -0.05) is 60.7 Å². The van der Waals surface area contributed by atoms with Crippen molar-refractivity contribution in [2.45, 2.75) is 38.1 Å². The summed E-state index contributed by atoms with van der Waals surface area (Å²) in [6.07, 6.45) is 0.417. The van der Waals surface area contributed by atoms with Crippen molar-refractivity contribution in [3.8, 4) is 0 Å². The second kappa shape index (κ2) is 10.2. The maximum atomic E-state index is 13.3. The Bertz CT molecular complexity index is 1450. The molecule has 0 saturated carbocycles. The standard InChI is InChI=1S/C28H26N4O5/c1-17(28(34)37-16-18-7-3-2-4-8-18)29-27(33)24-15-22-21-9-5-6-10-23(21)30-26(22)25(31-24)19-11-13-20(14-12-19)32(35)36/h2-14,17,24-25,30-31H,15-16H2,1H3,(H,29,33)/t17-,24-,25+/m0/s1. The first-order chi connectivity index (χ1) is 17.9. The second-order valence-electron chi connectivity index (χ2n) is 9.09. The summed E-state index contributed by atoms with van der Waals surface area (Å²) in [7, 11) is 0. The number of benzene rings is 3. The Kier molecular flexibility index (Phi) is 6.70. The van der Waals surface area contributed by atoms with Crippen LogP contribution in [-0.4, -0.2) is 33.9 Å². The molecule has 3 aromatic carbocycles. The lowest BCUT2D eigenvalue weighted by Gasteiger charge is -2.31. The fourth-order valence-electron chi connectivity index (χ4n) is 4.68. The van der Waals surface area contributed by atoms with Crippen LogP contribution >= 0.6 is 0 Å². The molecule has 0 unspecified atom stereocenters. The van der Waals surface area contributed by atoms with E-state index < -0.39 is 29.0 Å². The molecule has 1 aliphatic heterocycles. The van der Waals surface area contributed by atoms with Gasteiger partial charge in [0.15, 0.2) is 0 Å². The third kappa shape index (κ3) is 5.07. The summed E-state index contributed by atoms with van der Waals surface area (Å²) in [5.74, 6) is -0.847. The Hall–Kier alpha value is -4.50. The number of hydrogen-bond acceptors (Lipinski definition) is 6. The summed E-state index contributed by atoms with van der Waals surface area (Å²) in [5.41, 5.74) is 4.49. The first-order valence-corrected chi connectivity index (χ1v) is 12.0. The van der Waals surface area contributed by atoms with Crippen molar-refractivity contribution in [3.05, 3.63) is 111 Å². The Labute approximate surface area is 213 Å². The predicted molar refractivity (Wildman–Crippen MR) is 138 cm³/mol. The number of carbonyl (C=O) groups excluding carboxylic acids is 2. The van der Waals surface area contributed by atoms with Crippen LogP contribution in [0.1, 0.15) is 35.3 Å². The van der Waals surface area contributed by atoms with E-state index in [4.69, 9.17) is 4.74 Å². The number of para-hydroxylation sites is 1. The highest BCUT2D eigenvalue weighted by atomic mass is 16.6. The summed E-state index contributed by atoms with van der Waals surface area (Å²) >= 11 is 0. The van der Waals surface area contributed by atoms with E-state index in [1.165, 1.54) is 12.1 Å². The van der Waals surface area contributed by atoms with E-state index in [9.17, 15) is 19.7 Å². The molecule has 37 heavy (non-hydrogen) atoms. The van der Waals surface area contributed by atoms with Crippen molar-refractivity contribution in [1.29, 1.82) is 0 Å². The minimum atomic E-state index is -0.833. The quantitative estimate of drug-likeness (QED) is 0.201. The summed E-state index contributed by atoms with van der Waals surface area (Å²) in [6.45, 7) is 1.72. The van der Waals surface area contributed by atoms with Gasteiger partial charge in [0.1, 0.15) is 12.6 Å². The number of fused-ring (bicyclic) bond motifs is 3. The number of amides is 1. The number of non-ortho nitro benzene ring substituents is 1. The summed E-state index contributed by atoms with van der Waals surface area (Å²) in [6, 6.07) is 21.6. The lowest BCUT2D eigenvalue weighted by atomic mass is 9.90. The number of nitro benzene ring substituents is 1. The van der Waals surface area contributed by atoms with Crippen LogP contribution in [-0.2, 0) is 27.4 Å². The van der Waals surface area contributed by atoms with Gasteiger partial charge in [0.2, 0.25) is 5.91 Å². The third-order valence-corrected chi connectivity index (χ3v) is 6.60. The molecule has 188 valence electrons. The molecule has 9 heteroatoms. The van der Waals surface area contributed by atoms with Crippen LogP contribution in [0.15, 0.2) is 78.9 Å². The average Bonchev–Trinajstić information content (AvgIpc) is 3.30. The van der Waals surface area contributed by atoms with E-state index in [1.54, 1.807) is 19.1 Å². The molecule has 2 heterocycles. The first-order valence-electron chi connectivity index (χ1n) is 12.0. The third-order valence-electron chi connectivity index (χ3n) is 6.60. The SMILES string of the molecule is C[C@H](NC(=O)[C@@H]1Cc2c([nH]c3ccccc23)[C@@H](c2ccc([N+](=O)[O-])cc2)N1)C(=O)OCc1ccccc1. The molecule has 0 saturated heterocycles. The minimum Gasteiger partial charge on any atom is -0.459 e. The molecule has 0 fully saturated rings. The van der Waals surface area contributed by atoms with E-state index in [2.05, 4.69) is 15.6 Å². The predicted octanol–water partition coefficient (Wildman–Crippen LogP) is 3.93. The number of esters is 1. The number of rotatable bonds is 7. The highest BCUT2D eigenvalue weighted by Crippen LogP contribution is 2.35. The molecule has 1 aromatic heterocycles. The molecule has 0 bridgehead atoms. The number of aromatic nitrogens is 1. The molecule has 1 amide bonds. The molecule has 0 spiro atoms. The summed E-state index contributed by atoms with van der Waals surface area (Å²) < 4.78 is 5.37. The fraction of sp³-hybridized carbons (Fsp3) is 0.214. The lowest BCUT2D eigenvalue weighted by molar-refractivity contribution is -0.384. The zero-order valence-corrected chi connectivity index (χ0v) is 20.1. The number of ether oxygens (including phenoxy) is 1. The molecular formula is C28H26N4O5. The zero-order chi connectivity index (χ0) is 25.9. The maximum Gasteiger partial charge on any atom is 0.328 e. The van der Waals surface area contributed by atoms with Gasteiger partial charge in [-0.3, -0.25) is 20.2 Å². The second-order valence-corrected chi connectivity index (χ2v) is 9.09. The topological polar surface area (TPSA) is 126 Å². The summed E-state index contributed by atoms with van der Waals surface area (Å²) in [5, 5.41) is 18.3. The van der Waals surface area contributed by atoms with Crippen molar-refractivity contribution < 1.29 is 19.2 Å². The van der Waals surface area contributed by atoms with Gasteiger partial charge in [0.25, 0.3) is 5.69 Å². The van der Waals surface area contributed by atoms with Gasteiger partial charge in [-0.25, -0.2) is 4.79 Å². The number of nitrogens with zero attached hydrogens (tertiary/aromatic N) is 1. The number of nitro groups is 1. The maximum absolute atomic E-state index is 13.3. The number of H-pyrrole nitrogens is 1. The van der Waals surface area contributed by atoms with Crippen LogP contribution in [0, 0.1) is 10.1 Å². The Morgan fingerprint density at radius 3 is 2.49 bits per heavy atom. The average molecular weight is 499 g/mol. The molecule has 5 rings (SSSR count). The molecule has 0 radical (unpaired) electrons. The van der Waals surface area contributed by atoms with Gasteiger partial charge in [0.05, 0.1) is 17.0 Å². The smallest absolute Gasteiger partial charge is 0.328 e. The van der Waals surface area contributed by atoms with Gasteiger partial charge in [-0.05, 0) is 36.1 Å². The van der Waals surface area contributed by atoms with E-state index in [0.717, 1.165) is 33.3 Å². The van der Waals surface area contributed by atoms with E-state index in [0.29, 0.717) is 6.42 Å². The molecule has 3 N–H and O–H groups in total. The van der Waals surface area contributed by atoms with Crippen LogP contribution in [0.25, 0.3) is 10.9 Å². The fourth-order valence-corrected chi connectivity index (χ4v) is 4.68. The van der Waals surface area contributed by atoms with Crippen molar-refractivity contribution >= 4 is 28.5 Å². The van der Waals surface area contributed by atoms with E-state index in [-0.39, 0.29) is 18.2 Å². The van der Waals surface area contributed by atoms with Gasteiger partial charge >= 0.3 is 5.97 Å². The van der Waals surface area contributed by atoms with Crippen LogP contribution in [0.2, 0.25) is 0 Å². The van der Waals surface area contributed by atoms with Gasteiger partial charge in [-0.2, -0.15) is 0 Å². The highest BCUT2D eigenvalue weighted by Gasteiger charge is 2.35. The van der Waals surface area contributed by atoms with E-state index >= 15 is 0 Å². The molecule has 3 atom stereocenters. The minimum absolute atomic E-state index is 0.00596. The first kappa shape index (κ1) is 24.2. The van der Waals surface area contributed by atoms with Gasteiger partial charge < -0.3 is 15.0 Å². The van der Waals surface area contributed by atoms with Crippen LogP contribution in [0.4, 0.5) is 5.69 Å². The van der Waals surface area contributed by atoms with Gasteiger partial charge in [-0.15, -0.1) is 0 Å². The lowest BCUT2D eigenvalue weighted by Crippen LogP contribution is -2.53. The van der Waals surface area contributed by atoms with Crippen LogP contribution < -0.4 is 10.6 Å².